The quantitative estimate of drug-likeness (QED) is 0.658. The molecule has 0 spiro atoms. The average molecular weight is 473 g/mol. The van der Waals surface area contributed by atoms with Gasteiger partial charge in [0.1, 0.15) is 0 Å². The summed E-state index contributed by atoms with van der Waals surface area (Å²) in [4.78, 5) is 14.4. The second-order valence-corrected chi connectivity index (χ2v) is 12.6. The maximum atomic E-state index is 12.7. The minimum Gasteiger partial charge on any atom is -0.324 e. The maximum Gasteiger partial charge on any atom is 0.321 e. The maximum absolute atomic E-state index is 12.7. The van der Waals surface area contributed by atoms with Gasteiger partial charge in [-0.3, -0.25) is 0 Å². The zero-order valence-electron chi connectivity index (χ0n) is 18.1. The molecule has 9 nitrogen and oxygen atoms in total. The van der Waals surface area contributed by atoms with Crippen LogP contribution in [0.15, 0.2) is 29.2 Å². The Morgan fingerprint density at radius 3 is 2.06 bits per heavy atom. The summed E-state index contributed by atoms with van der Waals surface area (Å²) in [5.74, 6) is 0. The number of carbonyl (C=O) groups excluding carboxylic acids is 1. The number of nitrogens with one attached hydrogen (secondary N) is 2. The van der Waals surface area contributed by atoms with E-state index in [-0.39, 0.29) is 17.0 Å². The molecule has 31 heavy (non-hydrogen) atoms. The number of hydrogen-bond donors (Lipinski definition) is 2. The second kappa shape index (κ2) is 9.85. The predicted molar refractivity (Wildman–Crippen MR) is 120 cm³/mol. The number of amides is 2. The lowest BCUT2D eigenvalue weighted by Crippen LogP contribution is -2.48. The van der Waals surface area contributed by atoms with Crippen molar-refractivity contribution in [3.8, 4) is 0 Å². The first-order valence-corrected chi connectivity index (χ1v) is 13.8. The predicted octanol–water partition coefficient (Wildman–Crippen LogP) is 2.19. The highest BCUT2D eigenvalue weighted by atomic mass is 32.2. The van der Waals surface area contributed by atoms with Crippen LogP contribution in [0.5, 0.6) is 0 Å². The fourth-order valence-electron chi connectivity index (χ4n) is 3.74. The van der Waals surface area contributed by atoms with Crippen LogP contribution in [0.2, 0.25) is 0 Å². The normalized spacial score (nSPS) is 19.5. The van der Waals surface area contributed by atoms with Gasteiger partial charge in [-0.1, -0.05) is 6.42 Å². The van der Waals surface area contributed by atoms with Crippen molar-refractivity contribution >= 4 is 31.8 Å². The Kier molecular flexibility index (Phi) is 7.61. The highest BCUT2D eigenvalue weighted by molar-refractivity contribution is 7.90. The Morgan fingerprint density at radius 1 is 0.935 bits per heavy atom. The number of carbonyl (C=O) groups is 1. The third-order valence-corrected chi connectivity index (χ3v) is 9.61. The fraction of sp³-hybridized carbons (Fsp3) is 0.650. The van der Waals surface area contributed by atoms with E-state index in [9.17, 15) is 21.6 Å². The Bertz CT molecular complexity index is 963. The van der Waals surface area contributed by atoms with Gasteiger partial charge in [-0.25, -0.2) is 26.4 Å². The first-order chi connectivity index (χ1) is 14.6. The molecule has 2 fully saturated rings. The van der Waals surface area contributed by atoms with E-state index in [0.29, 0.717) is 44.7 Å². The minimum absolute atomic E-state index is 0.171. The summed E-state index contributed by atoms with van der Waals surface area (Å²) in [6.07, 6.45) is 3.91. The van der Waals surface area contributed by atoms with E-state index in [4.69, 9.17) is 0 Å². The molecule has 0 unspecified atom stereocenters. The SMILES string of the molecule is CC(C)S(=O)(=O)NC1CCN(C(=O)Nc2ccc(S(=O)(=O)N3CCCCC3)cc2)CC1. The molecule has 174 valence electrons. The summed E-state index contributed by atoms with van der Waals surface area (Å²) in [5.41, 5.74) is 0.519. The molecule has 2 heterocycles. The molecule has 0 aromatic heterocycles. The Morgan fingerprint density at radius 2 is 1.52 bits per heavy atom. The number of likely N-dealkylation sites (tertiary alicyclic amines) is 1. The molecule has 1 aromatic carbocycles. The average Bonchev–Trinajstić information content (AvgIpc) is 2.75. The summed E-state index contributed by atoms with van der Waals surface area (Å²) in [6, 6.07) is 5.78. The zero-order valence-corrected chi connectivity index (χ0v) is 19.7. The lowest BCUT2D eigenvalue weighted by Gasteiger charge is -2.32. The lowest BCUT2D eigenvalue weighted by molar-refractivity contribution is 0.193. The molecule has 0 radical (unpaired) electrons. The van der Waals surface area contributed by atoms with E-state index in [0.717, 1.165) is 19.3 Å². The highest BCUT2D eigenvalue weighted by Crippen LogP contribution is 2.22. The number of sulfonamides is 2. The van der Waals surface area contributed by atoms with Gasteiger partial charge in [-0.05, 0) is 63.8 Å². The van der Waals surface area contributed by atoms with Crippen LogP contribution >= 0.6 is 0 Å². The fourth-order valence-corrected chi connectivity index (χ4v) is 6.23. The molecular formula is C20H32N4O5S2. The van der Waals surface area contributed by atoms with Crippen LogP contribution in [0.25, 0.3) is 0 Å². The van der Waals surface area contributed by atoms with Gasteiger partial charge in [0.15, 0.2) is 0 Å². The Hall–Kier alpha value is -1.69. The standard InChI is InChI=1S/C20H32N4O5S2/c1-16(2)30(26,27)22-18-10-14-23(15-11-18)20(25)21-17-6-8-19(9-7-17)31(28,29)24-12-4-3-5-13-24/h6-9,16,18,22H,3-5,10-15H2,1-2H3,(H,21,25). The third-order valence-electron chi connectivity index (χ3n) is 5.79. The van der Waals surface area contributed by atoms with Crippen LogP contribution in [0.3, 0.4) is 0 Å². The van der Waals surface area contributed by atoms with E-state index >= 15 is 0 Å². The van der Waals surface area contributed by atoms with Crippen molar-refractivity contribution in [2.45, 2.75) is 62.1 Å². The number of benzene rings is 1. The lowest BCUT2D eigenvalue weighted by atomic mass is 10.1. The molecule has 0 saturated carbocycles. The van der Waals surface area contributed by atoms with Crippen molar-refractivity contribution in [1.29, 1.82) is 0 Å². The molecule has 0 bridgehead atoms. The molecule has 2 aliphatic heterocycles. The van der Waals surface area contributed by atoms with Gasteiger partial charge in [0.25, 0.3) is 0 Å². The number of nitrogens with zero attached hydrogens (tertiary/aromatic N) is 2. The summed E-state index contributed by atoms with van der Waals surface area (Å²) in [5, 5.41) is 2.30. The van der Waals surface area contributed by atoms with E-state index in [1.165, 1.54) is 16.4 Å². The first kappa shape index (κ1) is 24.0. The van der Waals surface area contributed by atoms with Crippen LogP contribution in [0.1, 0.15) is 46.0 Å². The topological polar surface area (TPSA) is 116 Å². The molecule has 2 saturated heterocycles. The van der Waals surface area contributed by atoms with Crippen LogP contribution in [0, 0.1) is 0 Å². The van der Waals surface area contributed by atoms with Crippen molar-refractivity contribution in [3.05, 3.63) is 24.3 Å². The highest BCUT2D eigenvalue weighted by Gasteiger charge is 2.28. The summed E-state index contributed by atoms with van der Waals surface area (Å²) in [7, 11) is -6.83. The smallest absolute Gasteiger partial charge is 0.321 e. The van der Waals surface area contributed by atoms with Crippen molar-refractivity contribution in [2.24, 2.45) is 0 Å². The number of rotatable bonds is 6. The van der Waals surface area contributed by atoms with Crippen molar-refractivity contribution in [3.63, 3.8) is 0 Å². The largest absolute Gasteiger partial charge is 0.324 e. The molecule has 2 N–H and O–H groups in total. The van der Waals surface area contributed by atoms with Crippen LogP contribution in [0.4, 0.5) is 10.5 Å². The van der Waals surface area contributed by atoms with E-state index in [2.05, 4.69) is 10.0 Å². The molecule has 3 rings (SSSR count). The van der Waals surface area contributed by atoms with Gasteiger partial charge in [0.2, 0.25) is 20.0 Å². The number of urea groups is 1. The van der Waals surface area contributed by atoms with E-state index < -0.39 is 25.3 Å². The van der Waals surface area contributed by atoms with E-state index in [1.54, 1.807) is 30.9 Å². The first-order valence-electron chi connectivity index (χ1n) is 10.8. The number of piperidine rings is 2. The van der Waals surface area contributed by atoms with Gasteiger partial charge >= 0.3 is 6.03 Å². The van der Waals surface area contributed by atoms with Crippen molar-refractivity contribution in [1.82, 2.24) is 13.9 Å². The number of hydrogen-bond acceptors (Lipinski definition) is 5. The molecular weight excluding hydrogens is 440 g/mol. The molecule has 0 atom stereocenters. The summed E-state index contributed by atoms with van der Waals surface area (Å²) >= 11 is 0. The van der Waals surface area contributed by atoms with Crippen molar-refractivity contribution in [2.75, 3.05) is 31.5 Å². The van der Waals surface area contributed by atoms with Gasteiger partial charge in [0, 0.05) is 37.9 Å². The monoisotopic (exact) mass is 472 g/mol. The third kappa shape index (κ3) is 5.97. The second-order valence-electron chi connectivity index (χ2n) is 8.39. The van der Waals surface area contributed by atoms with Crippen molar-refractivity contribution < 1.29 is 21.6 Å². The van der Waals surface area contributed by atoms with Crippen LogP contribution in [-0.2, 0) is 20.0 Å². The van der Waals surface area contributed by atoms with Crippen LogP contribution in [-0.4, -0.2) is 69.5 Å². The molecule has 0 aliphatic carbocycles. The summed E-state index contributed by atoms with van der Waals surface area (Å²) < 4.78 is 53.7. The van der Waals surface area contributed by atoms with Gasteiger partial charge < -0.3 is 10.2 Å². The zero-order chi connectivity index (χ0) is 22.6. The van der Waals surface area contributed by atoms with Gasteiger partial charge in [-0.15, -0.1) is 0 Å². The van der Waals surface area contributed by atoms with Gasteiger partial charge in [-0.2, -0.15) is 4.31 Å². The van der Waals surface area contributed by atoms with E-state index in [1.807, 2.05) is 0 Å². The Balaban J connectivity index is 1.53. The van der Waals surface area contributed by atoms with Crippen LogP contribution < -0.4 is 10.0 Å². The number of anilines is 1. The Labute approximate surface area is 185 Å². The minimum atomic E-state index is -3.50. The molecule has 1 aromatic rings. The summed E-state index contributed by atoms with van der Waals surface area (Å²) in [6.45, 7) is 5.24. The van der Waals surface area contributed by atoms with Gasteiger partial charge in [0.05, 0.1) is 10.1 Å². The molecule has 11 heteroatoms. The molecule has 2 aliphatic rings. The molecule has 2 amide bonds.